The molecule has 0 atom stereocenters. The predicted octanol–water partition coefficient (Wildman–Crippen LogP) is 0.665. The van der Waals surface area contributed by atoms with Crippen LogP contribution < -0.4 is 15.7 Å². The molecular formula is C18H22N4O5. The highest BCUT2D eigenvalue weighted by Gasteiger charge is 2.16. The lowest BCUT2D eigenvalue weighted by atomic mass is 10.2. The van der Waals surface area contributed by atoms with Crippen molar-refractivity contribution in [1.29, 1.82) is 0 Å². The highest BCUT2D eigenvalue weighted by Crippen LogP contribution is 2.13. The van der Waals surface area contributed by atoms with Crippen molar-refractivity contribution < 1.29 is 19.4 Å². The molecule has 1 amide bonds. The molecule has 0 unspecified atom stereocenters. The van der Waals surface area contributed by atoms with E-state index < -0.39 is 12.6 Å². The van der Waals surface area contributed by atoms with E-state index in [1.807, 2.05) is 0 Å². The summed E-state index contributed by atoms with van der Waals surface area (Å²) in [6, 6.07) is 6.33. The summed E-state index contributed by atoms with van der Waals surface area (Å²) in [5.41, 5.74) is 0.298. The molecule has 144 valence electrons. The maximum atomic E-state index is 12.2. The van der Waals surface area contributed by atoms with Crippen molar-refractivity contribution in [2.24, 2.45) is 0 Å². The van der Waals surface area contributed by atoms with E-state index in [9.17, 15) is 14.4 Å². The number of aliphatic carboxylic acids is 1. The van der Waals surface area contributed by atoms with E-state index in [-0.39, 0.29) is 11.6 Å². The SMILES string of the molecule is O=C(O)COc1cccc(C(=O)NCCCn2nc3n(c2=O)CCCC3)c1. The Labute approximate surface area is 155 Å². The highest BCUT2D eigenvalue weighted by molar-refractivity contribution is 5.94. The van der Waals surface area contributed by atoms with Gasteiger partial charge in [-0.15, -0.1) is 0 Å². The number of benzene rings is 1. The zero-order valence-corrected chi connectivity index (χ0v) is 14.9. The average molecular weight is 374 g/mol. The van der Waals surface area contributed by atoms with Crippen LogP contribution in [0.4, 0.5) is 0 Å². The van der Waals surface area contributed by atoms with Gasteiger partial charge in [0.1, 0.15) is 11.6 Å². The Morgan fingerprint density at radius 2 is 2.15 bits per heavy atom. The number of nitrogens with one attached hydrogen (secondary N) is 1. The maximum Gasteiger partial charge on any atom is 0.345 e. The Morgan fingerprint density at radius 3 is 2.93 bits per heavy atom. The molecule has 0 saturated carbocycles. The van der Waals surface area contributed by atoms with Gasteiger partial charge in [0.25, 0.3) is 5.91 Å². The van der Waals surface area contributed by atoms with Gasteiger partial charge in [-0.25, -0.2) is 14.3 Å². The summed E-state index contributed by atoms with van der Waals surface area (Å²) in [6.45, 7) is 1.11. The zero-order valence-electron chi connectivity index (χ0n) is 14.9. The number of nitrogens with zero attached hydrogens (tertiary/aromatic N) is 3. The Kier molecular flexibility index (Phi) is 5.90. The first kappa shape index (κ1) is 18.7. The first-order valence-electron chi connectivity index (χ1n) is 8.94. The first-order valence-corrected chi connectivity index (χ1v) is 8.94. The van der Waals surface area contributed by atoms with Crippen molar-refractivity contribution in [2.45, 2.75) is 38.8 Å². The number of carboxylic acids is 1. The average Bonchev–Trinajstić information content (AvgIpc) is 3.00. The number of carbonyl (C=O) groups excluding carboxylic acids is 1. The molecule has 0 saturated heterocycles. The monoisotopic (exact) mass is 374 g/mol. The van der Waals surface area contributed by atoms with E-state index in [1.165, 1.54) is 10.7 Å². The molecular weight excluding hydrogens is 352 g/mol. The molecule has 0 bridgehead atoms. The molecule has 0 radical (unpaired) electrons. The smallest absolute Gasteiger partial charge is 0.345 e. The number of fused-ring (bicyclic) bond motifs is 1. The summed E-state index contributed by atoms with van der Waals surface area (Å²) in [4.78, 5) is 35.0. The van der Waals surface area contributed by atoms with Crippen LogP contribution in [0.25, 0.3) is 0 Å². The van der Waals surface area contributed by atoms with Crippen molar-refractivity contribution in [3.63, 3.8) is 0 Å². The maximum absolute atomic E-state index is 12.2. The van der Waals surface area contributed by atoms with Gasteiger partial charge in [-0.2, -0.15) is 5.10 Å². The van der Waals surface area contributed by atoms with Gasteiger partial charge in [0.15, 0.2) is 6.61 Å². The summed E-state index contributed by atoms with van der Waals surface area (Å²) in [7, 11) is 0. The van der Waals surface area contributed by atoms with Gasteiger partial charge in [-0.3, -0.25) is 9.36 Å². The fourth-order valence-electron chi connectivity index (χ4n) is 3.00. The first-order chi connectivity index (χ1) is 13.0. The van der Waals surface area contributed by atoms with Crippen LogP contribution >= 0.6 is 0 Å². The van der Waals surface area contributed by atoms with Crippen LogP contribution in [0.15, 0.2) is 29.1 Å². The van der Waals surface area contributed by atoms with Crippen molar-refractivity contribution in [3.05, 3.63) is 46.1 Å². The topological polar surface area (TPSA) is 115 Å². The summed E-state index contributed by atoms with van der Waals surface area (Å²) in [5.74, 6) is -0.207. The van der Waals surface area contributed by atoms with Gasteiger partial charge < -0.3 is 15.2 Å². The van der Waals surface area contributed by atoms with Crippen LogP contribution in [0.3, 0.4) is 0 Å². The largest absolute Gasteiger partial charge is 0.482 e. The molecule has 9 nitrogen and oxygen atoms in total. The lowest BCUT2D eigenvalue weighted by molar-refractivity contribution is -0.139. The van der Waals surface area contributed by atoms with Gasteiger partial charge in [-0.05, 0) is 37.5 Å². The van der Waals surface area contributed by atoms with Crippen molar-refractivity contribution in [2.75, 3.05) is 13.2 Å². The third-order valence-electron chi connectivity index (χ3n) is 4.32. The number of carbonyl (C=O) groups is 2. The van der Waals surface area contributed by atoms with Crippen LogP contribution in [0, 0.1) is 0 Å². The summed E-state index contributed by atoms with van der Waals surface area (Å²) in [5, 5.41) is 15.8. The normalized spacial score (nSPS) is 13.0. The number of aromatic nitrogens is 3. The molecule has 3 rings (SSSR count). The van der Waals surface area contributed by atoms with Crippen molar-refractivity contribution >= 4 is 11.9 Å². The molecule has 0 aliphatic carbocycles. The molecule has 9 heteroatoms. The van der Waals surface area contributed by atoms with Gasteiger partial charge in [0.2, 0.25) is 0 Å². The van der Waals surface area contributed by atoms with Crippen LogP contribution in [-0.2, 0) is 24.3 Å². The van der Waals surface area contributed by atoms with Crippen LogP contribution in [0.1, 0.15) is 35.4 Å². The summed E-state index contributed by atoms with van der Waals surface area (Å²) < 4.78 is 8.26. The number of hydrogen-bond donors (Lipinski definition) is 2. The van der Waals surface area contributed by atoms with E-state index in [2.05, 4.69) is 10.4 Å². The molecule has 2 N–H and O–H groups in total. The minimum absolute atomic E-state index is 0.0840. The van der Waals surface area contributed by atoms with E-state index in [1.54, 1.807) is 22.8 Å². The van der Waals surface area contributed by atoms with Crippen LogP contribution in [0.5, 0.6) is 5.75 Å². The van der Waals surface area contributed by atoms with E-state index in [4.69, 9.17) is 9.84 Å². The molecule has 1 aliphatic heterocycles. The summed E-state index contributed by atoms with van der Waals surface area (Å²) >= 11 is 0. The van der Waals surface area contributed by atoms with Gasteiger partial charge in [0.05, 0.1) is 0 Å². The lowest BCUT2D eigenvalue weighted by Gasteiger charge is -2.09. The zero-order chi connectivity index (χ0) is 19.2. The Balaban J connectivity index is 1.49. The van der Waals surface area contributed by atoms with Gasteiger partial charge in [0, 0.05) is 31.6 Å². The van der Waals surface area contributed by atoms with Gasteiger partial charge in [-0.1, -0.05) is 6.07 Å². The van der Waals surface area contributed by atoms with Crippen molar-refractivity contribution in [1.82, 2.24) is 19.7 Å². The minimum Gasteiger partial charge on any atom is -0.482 e. The number of hydrogen-bond acceptors (Lipinski definition) is 5. The Hall–Kier alpha value is -3.10. The molecule has 2 aromatic rings. The number of amides is 1. The standard InChI is InChI=1S/C18H22N4O5/c23-16(24)12-27-14-6-3-5-13(11-14)17(25)19-8-4-10-22-18(26)21-9-2-1-7-15(21)20-22/h3,5-6,11H,1-2,4,7-10,12H2,(H,19,25)(H,23,24). The fraction of sp³-hybridized carbons (Fsp3) is 0.444. The third-order valence-corrected chi connectivity index (χ3v) is 4.32. The van der Waals surface area contributed by atoms with Crippen molar-refractivity contribution in [3.8, 4) is 5.75 Å². The quantitative estimate of drug-likeness (QED) is 0.656. The number of ether oxygens (including phenoxy) is 1. The molecule has 0 fully saturated rings. The Morgan fingerprint density at radius 1 is 1.30 bits per heavy atom. The second-order valence-corrected chi connectivity index (χ2v) is 6.35. The molecule has 27 heavy (non-hydrogen) atoms. The highest BCUT2D eigenvalue weighted by atomic mass is 16.5. The lowest BCUT2D eigenvalue weighted by Crippen LogP contribution is -2.29. The number of aryl methyl sites for hydroxylation is 2. The number of rotatable bonds is 8. The molecule has 1 aliphatic rings. The second-order valence-electron chi connectivity index (χ2n) is 6.35. The minimum atomic E-state index is -1.08. The summed E-state index contributed by atoms with van der Waals surface area (Å²) in [6.07, 6.45) is 3.47. The third kappa shape index (κ3) is 4.75. The second kappa shape index (κ2) is 8.52. The van der Waals surface area contributed by atoms with E-state index in [0.717, 1.165) is 31.6 Å². The van der Waals surface area contributed by atoms with E-state index >= 15 is 0 Å². The molecule has 0 spiro atoms. The Bertz CT molecular complexity index is 886. The van der Waals surface area contributed by atoms with Crippen LogP contribution in [-0.4, -0.2) is 44.5 Å². The molecule has 2 heterocycles. The fourth-order valence-corrected chi connectivity index (χ4v) is 3.00. The predicted molar refractivity (Wildman–Crippen MR) is 95.9 cm³/mol. The van der Waals surface area contributed by atoms with E-state index in [0.29, 0.717) is 30.8 Å². The number of carboxylic acid groups (broad SMARTS) is 1. The molecule has 1 aromatic carbocycles. The van der Waals surface area contributed by atoms with Gasteiger partial charge >= 0.3 is 11.7 Å². The molecule has 1 aromatic heterocycles. The van der Waals surface area contributed by atoms with Crippen LogP contribution in [0.2, 0.25) is 0 Å².